The summed E-state index contributed by atoms with van der Waals surface area (Å²) in [6, 6.07) is 8.50. The van der Waals surface area contributed by atoms with Crippen molar-refractivity contribution < 1.29 is 17.7 Å². The molecule has 0 spiro atoms. The number of nitrogen functional groups attached to an aromatic ring is 1. The van der Waals surface area contributed by atoms with Crippen molar-refractivity contribution in [2.45, 2.75) is 6.54 Å². The minimum Gasteiger partial charge on any atom is -0.490 e. The Hall–Kier alpha value is -2.06. The number of anilines is 1. The van der Waals surface area contributed by atoms with Gasteiger partial charge < -0.3 is 15.0 Å². The lowest BCUT2D eigenvalue weighted by Gasteiger charge is -2.09. The Kier molecular flexibility index (Phi) is 4.59. The average molecular weight is 297 g/mol. The molecular weight excluding hydrogens is 282 g/mol. The molecule has 3 N–H and O–H groups in total. The number of nitrogens with one attached hydrogen (secondary N) is 1. The predicted molar refractivity (Wildman–Crippen MR) is 73.5 cm³/mol. The van der Waals surface area contributed by atoms with Gasteiger partial charge in [-0.15, -0.1) is 0 Å². The first-order valence-electron chi connectivity index (χ1n) is 5.91. The van der Waals surface area contributed by atoms with E-state index in [1.807, 2.05) is 0 Å². The molecule has 0 amide bonds. The van der Waals surface area contributed by atoms with Crippen LogP contribution in [0.2, 0.25) is 0 Å². The van der Waals surface area contributed by atoms with Crippen LogP contribution in [0.5, 0.6) is 5.75 Å². The molecule has 0 unspecified atom stereocenters. The molecular formula is C12H15N3O4S. The maximum Gasteiger partial charge on any atom is 0.215 e. The quantitative estimate of drug-likeness (QED) is 0.730. The molecule has 0 atom stereocenters. The number of para-hydroxylation sites is 2. The second-order valence-electron chi connectivity index (χ2n) is 4.01. The molecule has 1 aromatic heterocycles. The van der Waals surface area contributed by atoms with Gasteiger partial charge in [0.1, 0.15) is 12.4 Å². The summed E-state index contributed by atoms with van der Waals surface area (Å²) in [6.45, 7) is 0.0791. The highest BCUT2D eigenvalue weighted by molar-refractivity contribution is 7.89. The van der Waals surface area contributed by atoms with Crippen LogP contribution in [0.1, 0.15) is 5.76 Å². The molecule has 7 nitrogen and oxygen atoms in total. The van der Waals surface area contributed by atoms with E-state index in [0.29, 0.717) is 17.2 Å². The van der Waals surface area contributed by atoms with Crippen molar-refractivity contribution >= 4 is 15.7 Å². The van der Waals surface area contributed by atoms with E-state index in [0.717, 1.165) is 0 Å². The average Bonchev–Trinajstić information content (AvgIpc) is 2.92. The number of aromatic nitrogens is 1. The molecule has 108 valence electrons. The number of rotatable bonds is 7. The van der Waals surface area contributed by atoms with E-state index in [9.17, 15) is 8.42 Å². The van der Waals surface area contributed by atoms with Crippen molar-refractivity contribution in [1.29, 1.82) is 0 Å². The number of nitrogens with two attached hydrogens (primary N) is 1. The van der Waals surface area contributed by atoms with Crippen LogP contribution in [0.3, 0.4) is 0 Å². The van der Waals surface area contributed by atoms with Crippen molar-refractivity contribution in [3.8, 4) is 5.75 Å². The maximum absolute atomic E-state index is 11.7. The van der Waals surface area contributed by atoms with E-state index in [1.54, 1.807) is 30.3 Å². The van der Waals surface area contributed by atoms with E-state index >= 15 is 0 Å². The Morgan fingerprint density at radius 1 is 1.30 bits per heavy atom. The third kappa shape index (κ3) is 4.25. The molecule has 20 heavy (non-hydrogen) atoms. The second kappa shape index (κ2) is 6.40. The third-order valence-corrected chi connectivity index (χ3v) is 3.77. The Morgan fingerprint density at radius 3 is 2.80 bits per heavy atom. The number of sulfonamides is 1. The van der Waals surface area contributed by atoms with E-state index in [4.69, 9.17) is 15.0 Å². The molecule has 0 bridgehead atoms. The van der Waals surface area contributed by atoms with Crippen LogP contribution in [-0.2, 0) is 16.6 Å². The number of hydrogen-bond donors (Lipinski definition) is 2. The normalized spacial score (nSPS) is 11.4. The van der Waals surface area contributed by atoms with Gasteiger partial charge in [-0.05, 0) is 12.1 Å². The molecule has 2 aromatic rings. The van der Waals surface area contributed by atoms with Gasteiger partial charge >= 0.3 is 0 Å². The van der Waals surface area contributed by atoms with Crippen molar-refractivity contribution in [2.75, 3.05) is 18.1 Å². The molecule has 0 aliphatic carbocycles. The SMILES string of the molecule is Nc1ccccc1OCCS(=O)(=O)NCc1ccno1. The molecule has 0 saturated carbocycles. The van der Waals surface area contributed by atoms with Crippen LogP contribution in [0.25, 0.3) is 0 Å². The van der Waals surface area contributed by atoms with Crippen molar-refractivity contribution in [3.05, 3.63) is 42.3 Å². The van der Waals surface area contributed by atoms with Crippen molar-refractivity contribution in [3.63, 3.8) is 0 Å². The fraction of sp³-hybridized carbons (Fsp3) is 0.250. The maximum atomic E-state index is 11.7. The monoisotopic (exact) mass is 297 g/mol. The number of ether oxygens (including phenoxy) is 1. The van der Waals surface area contributed by atoms with Gasteiger partial charge in [0.2, 0.25) is 10.0 Å². The van der Waals surface area contributed by atoms with Gasteiger partial charge in [-0.1, -0.05) is 17.3 Å². The number of nitrogens with zero attached hydrogens (tertiary/aromatic N) is 1. The standard InChI is InChI=1S/C12H15N3O4S/c13-11-3-1-2-4-12(11)18-7-8-20(16,17)15-9-10-5-6-14-19-10/h1-6,15H,7-9,13H2. The Labute approximate surface area is 116 Å². The lowest BCUT2D eigenvalue weighted by Crippen LogP contribution is -2.28. The summed E-state index contributed by atoms with van der Waals surface area (Å²) in [7, 11) is -3.44. The van der Waals surface area contributed by atoms with Crippen LogP contribution in [-0.4, -0.2) is 25.9 Å². The van der Waals surface area contributed by atoms with E-state index in [-0.39, 0.29) is 18.9 Å². The Bertz CT molecular complexity index is 640. The molecule has 0 fully saturated rings. The van der Waals surface area contributed by atoms with Gasteiger partial charge in [-0.2, -0.15) is 0 Å². The minimum absolute atomic E-state index is 0.0138. The second-order valence-corrected chi connectivity index (χ2v) is 5.93. The predicted octanol–water partition coefficient (Wildman–Crippen LogP) is 0.755. The lowest BCUT2D eigenvalue weighted by atomic mass is 10.3. The molecule has 8 heteroatoms. The zero-order valence-electron chi connectivity index (χ0n) is 10.7. The molecule has 2 rings (SSSR count). The highest BCUT2D eigenvalue weighted by atomic mass is 32.2. The highest BCUT2D eigenvalue weighted by Gasteiger charge is 2.11. The summed E-state index contributed by atoms with van der Waals surface area (Å²) in [5.41, 5.74) is 6.16. The van der Waals surface area contributed by atoms with Crippen molar-refractivity contribution in [2.24, 2.45) is 0 Å². The van der Waals surface area contributed by atoms with Gasteiger partial charge in [0.05, 0.1) is 24.2 Å². The first kappa shape index (κ1) is 14.4. The summed E-state index contributed by atoms with van der Waals surface area (Å²) in [5.74, 6) is 0.745. The van der Waals surface area contributed by atoms with Gasteiger partial charge in [-0.25, -0.2) is 13.1 Å². The molecule has 0 aliphatic heterocycles. The van der Waals surface area contributed by atoms with E-state index < -0.39 is 10.0 Å². The topological polar surface area (TPSA) is 107 Å². The zero-order chi connectivity index (χ0) is 14.4. The number of benzene rings is 1. The third-order valence-electron chi connectivity index (χ3n) is 2.49. The molecule has 0 saturated heterocycles. The van der Waals surface area contributed by atoms with Gasteiger partial charge in [-0.3, -0.25) is 0 Å². The molecule has 1 aromatic carbocycles. The Morgan fingerprint density at radius 2 is 2.10 bits per heavy atom. The van der Waals surface area contributed by atoms with Crippen molar-refractivity contribution in [1.82, 2.24) is 9.88 Å². The summed E-state index contributed by atoms with van der Waals surface area (Å²) in [6.07, 6.45) is 1.45. The summed E-state index contributed by atoms with van der Waals surface area (Å²) < 4.78 is 35.9. The lowest BCUT2D eigenvalue weighted by molar-refractivity contribution is 0.341. The van der Waals surface area contributed by atoms with Crippen LogP contribution in [0.4, 0.5) is 5.69 Å². The fourth-order valence-corrected chi connectivity index (χ4v) is 2.27. The molecule has 0 radical (unpaired) electrons. The summed E-state index contributed by atoms with van der Waals surface area (Å²) in [5, 5.41) is 3.49. The van der Waals surface area contributed by atoms with Crippen LogP contribution in [0.15, 0.2) is 41.1 Å². The van der Waals surface area contributed by atoms with Gasteiger partial charge in [0.15, 0.2) is 5.76 Å². The van der Waals surface area contributed by atoms with E-state index in [1.165, 1.54) is 6.20 Å². The van der Waals surface area contributed by atoms with Crippen LogP contribution in [0, 0.1) is 0 Å². The summed E-state index contributed by atoms with van der Waals surface area (Å²) in [4.78, 5) is 0. The number of hydrogen-bond acceptors (Lipinski definition) is 6. The van der Waals surface area contributed by atoms with Crippen LogP contribution < -0.4 is 15.2 Å². The van der Waals surface area contributed by atoms with Gasteiger partial charge in [0, 0.05) is 6.07 Å². The zero-order valence-corrected chi connectivity index (χ0v) is 11.5. The molecule has 1 heterocycles. The smallest absolute Gasteiger partial charge is 0.215 e. The largest absolute Gasteiger partial charge is 0.490 e. The fourth-order valence-electron chi connectivity index (χ4n) is 1.46. The molecule has 0 aliphatic rings. The minimum atomic E-state index is -3.44. The first-order valence-corrected chi connectivity index (χ1v) is 7.56. The summed E-state index contributed by atoms with van der Waals surface area (Å²) >= 11 is 0. The highest BCUT2D eigenvalue weighted by Crippen LogP contribution is 2.19. The Balaban J connectivity index is 1.79. The first-order chi connectivity index (χ1) is 9.57. The van der Waals surface area contributed by atoms with E-state index in [2.05, 4.69) is 9.88 Å². The van der Waals surface area contributed by atoms with Crippen LogP contribution >= 0.6 is 0 Å². The van der Waals surface area contributed by atoms with Gasteiger partial charge in [0.25, 0.3) is 0 Å².